The summed E-state index contributed by atoms with van der Waals surface area (Å²) in [6, 6.07) is 15.2. The molecule has 5 nitrogen and oxygen atoms in total. The Balaban J connectivity index is 1.59. The van der Waals surface area contributed by atoms with Crippen LogP contribution >= 0.6 is 11.3 Å². The van der Waals surface area contributed by atoms with Crippen LogP contribution in [0.3, 0.4) is 0 Å². The molecule has 4 rings (SSSR count). The molecule has 1 saturated carbocycles. The van der Waals surface area contributed by atoms with Crippen molar-refractivity contribution < 1.29 is 17.6 Å². The zero-order valence-corrected chi connectivity index (χ0v) is 17.0. The second-order valence-electron chi connectivity index (χ2n) is 6.90. The van der Waals surface area contributed by atoms with Crippen molar-refractivity contribution in [2.45, 2.75) is 29.8 Å². The predicted octanol–water partition coefficient (Wildman–Crippen LogP) is 3.85. The van der Waals surface area contributed by atoms with Gasteiger partial charge in [0.15, 0.2) is 0 Å². The van der Waals surface area contributed by atoms with E-state index in [1.807, 2.05) is 17.5 Å². The molecule has 1 aliphatic rings. The van der Waals surface area contributed by atoms with Gasteiger partial charge in [0.1, 0.15) is 5.82 Å². The molecule has 2 aromatic carbocycles. The fraction of sp³-hybridized carbons (Fsp3) is 0.190. The zero-order valence-electron chi connectivity index (χ0n) is 15.3. The Bertz CT molecular complexity index is 1110. The van der Waals surface area contributed by atoms with E-state index in [1.165, 1.54) is 35.6 Å². The van der Waals surface area contributed by atoms with Gasteiger partial charge in [-0.2, -0.15) is 0 Å². The highest BCUT2D eigenvalue weighted by Crippen LogP contribution is 2.27. The van der Waals surface area contributed by atoms with Gasteiger partial charge in [-0.25, -0.2) is 17.5 Å². The Kier molecular flexibility index (Phi) is 5.49. The quantitative estimate of drug-likeness (QED) is 0.598. The van der Waals surface area contributed by atoms with Gasteiger partial charge < -0.3 is 5.32 Å². The topological polar surface area (TPSA) is 75.3 Å². The summed E-state index contributed by atoms with van der Waals surface area (Å²) in [6.45, 7) is 0. The maximum absolute atomic E-state index is 13.3. The third-order valence-electron chi connectivity index (χ3n) is 4.61. The van der Waals surface area contributed by atoms with Crippen LogP contribution < -0.4 is 10.0 Å². The second kappa shape index (κ2) is 8.06. The minimum Gasteiger partial charge on any atom is -0.340 e. The van der Waals surface area contributed by atoms with E-state index in [0.29, 0.717) is 0 Å². The molecule has 0 bridgehead atoms. The molecule has 1 aromatic heterocycles. The molecule has 0 radical (unpaired) electrons. The van der Waals surface area contributed by atoms with E-state index < -0.39 is 22.0 Å². The lowest BCUT2D eigenvalue weighted by molar-refractivity contribution is 0.0943. The minimum absolute atomic E-state index is 0.0147. The van der Waals surface area contributed by atoms with E-state index >= 15 is 0 Å². The number of rotatable bonds is 7. The number of halogens is 1. The zero-order chi connectivity index (χ0) is 20.4. The summed E-state index contributed by atoms with van der Waals surface area (Å²) >= 11 is 1.47. The molecule has 1 atom stereocenters. The monoisotopic (exact) mass is 430 g/mol. The largest absolute Gasteiger partial charge is 0.340 e. The summed E-state index contributed by atoms with van der Waals surface area (Å²) < 4.78 is 40.8. The summed E-state index contributed by atoms with van der Waals surface area (Å²) in [4.78, 5) is 13.9. The summed E-state index contributed by atoms with van der Waals surface area (Å²) in [5.41, 5.74) is 0.980. The van der Waals surface area contributed by atoms with Gasteiger partial charge >= 0.3 is 0 Å². The second-order valence-corrected chi connectivity index (χ2v) is 9.59. The van der Waals surface area contributed by atoms with Crippen molar-refractivity contribution in [3.63, 3.8) is 0 Å². The van der Waals surface area contributed by atoms with E-state index in [4.69, 9.17) is 0 Å². The van der Waals surface area contributed by atoms with Crippen LogP contribution in [0.5, 0.6) is 0 Å². The molecule has 1 fully saturated rings. The van der Waals surface area contributed by atoms with Crippen LogP contribution in [0.4, 0.5) is 4.39 Å². The van der Waals surface area contributed by atoms with Gasteiger partial charge in [-0.3, -0.25) is 4.79 Å². The van der Waals surface area contributed by atoms with Gasteiger partial charge in [-0.1, -0.05) is 24.3 Å². The number of hydrogen-bond acceptors (Lipinski definition) is 4. The average molecular weight is 431 g/mol. The number of benzene rings is 2. The maximum Gasteiger partial charge on any atom is 0.252 e. The standard InChI is InChI=1S/C21H19FN2O3S2/c22-16-8-6-14(7-9-16)20(19-5-2-12-28-19)23-21(25)15-3-1-4-18(13-15)29(26,27)24-17-10-11-17/h1-9,12-13,17,20,24H,10-11H2,(H,23,25)/t20-/m0/s1. The predicted molar refractivity (Wildman–Crippen MR) is 110 cm³/mol. The van der Waals surface area contributed by atoms with Crippen molar-refractivity contribution in [2.75, 3.05) is 0 Å². The Morgan fingerprint density at radius 3 is 2.48 bits per heavy atom. The molecule has 8 heteroatoms. The number of hydrogen-bond donors (Lipinski definition) is 2. The molecular weight excluding hydrogens is 411 g/mol. The summed E-state index contributed by atoms with van der Waals surface area (Å²) in [5, 5.41) is 4.83. The Labute approximate surface area is 172 Å². The van der Waals surface area contributed by atoms with E-state index in [9.17, 15) is 17.6 Å². The molecule has 0 saturated heterocycles. The van der Waals surface area contributed by atoms with Crippen LogP contribution in [0.1, 0.15) is 39.7 Å². The van der Waals surface area contributed by atoms with Crippen LogP contribution in [-0.4, -0.2) is 20.4 Å². The van der Waals surface area contributed by atoms with Crippen molar-refractivity contribution in [1.82, 2.24) is 10.0 Å². The molecule has 29 heavy (non-hydrogen) atoms. The molecule has 150 valence electrons. The molecule has 0 unspecified atom stereocenters. The fourth-order valence-corrected chi connectivity index (χ4v) is 5.09. The maximum atomic E-state index is 13.3. The lowest BCUT2D eigenvalue weighted by Gasteiger charge is -2.18. The van der Waals surface area contributed by atoms with Crippen LogP contribution in [0, 0.1) is 5.82 Å². The van der Waals surface area contributed by atoms with Crippen molar-refractivity contribution >= 4 is 27.3 Å². The first-order chi connectivity index (χ1) is 13.9. The van der Waals surface area contributed by atoms with E-state index in [-0.39, 0.29) is 22.3 Å². The highest BCUT2D eigenvalue weighted by atomic mass is 32.2. The molecular formula is C21H19FN2O3S2. The van der Waals surface area contributed by atoms with Crippen LogP contribution in [-0.2, 0) is 10.0 Å². The summed E-state index contributed by atoms with van der Waals surface area (Å²) in [7, 11) is -3.65. The first-order valence-corrected chi connectivity index (χ1v) is 11.5. The lowest BCUT2D eigenvalue weighted by atomic mass is 10.0. The number of carbonyl (C=O) groups is 1. The van der Waals surface area contributed by atoms with Crippen molar-refractivity contribution in [3.05, 3.63) is 87.9 Å². The molecule has 2 N–H and O–H groups in total. The SMILES string of the molecule is O=C(N[C@@H](c1ccc(F)cc1)c1cccs1)c1cccc(S(=O)(=O)NC2CC2)c1. The first-order valence-electron chi connectivity index (χ1n) is 9.14. The molecule has 1 aliphatic carbocycles. The average Bonchev–Trinajstić information content (AvgIpc) is 3.34. The normalized spacial score (nSPS) is 15.1. The van der Waals surface area contributed by atoms with Gasteiger partial charge in [0.05, 0.1) is 10.9 Å². The first kappa shape index (κ1) is 19.8. The molecule has 1 amide bonds. The third kappa shape index (κ3) is 4.72. The smallest absolute Gasteiger partial charge is 0.252 e. The van der Waals surface area contributed by atoms with Gasteiger partial charge in [-0.05, 0) is 60.2 Å². The van der Waals surface area contributed by atoms with E-state index in [0.717, 1.165) is 23.3 Å². The lowest BCUT2D eigenvalue weighted by Crippen LogP contribution is -2.29. The highest BCUT2D eigenvalue weighted by molar-refractivity contribution is 7.89. The van der Waals surface area contributed by atoms with Crippen molar-refractivity contribution in [1.29, 1.82) is 0 Å². The van der Waals surface area contributed by atoms with Crippen molar-refractivity contribution in [2.24, 2.45) is 0 Å². The van der Waals surface area contributed by atoms with E-state index in [1.54, 1.807) is 24.3 Å². The number of amides is 1. The highest BCUT2D eigenvalue weighted by Gasteiger charge is 2.28. The minimum atomic E-state index is -3.65. The van der Waals surface area contributed by atoms with Crippen LogP contribution in [0.15, 0.2) is 70.9 Å². The van der Waals surface area contributed by atoms with Crippen LogP contribution in [0.2, 0.25) is 0 Å². The number of carbonyl (C=O) groups excluding carboxylic acids is 1. The number of thiophene rings is 1. The van der Waals surface area contributed by atoms with Gasteiger partial charge in [0, 0.05) is 16.5 Å². The van der Waals surface area contributed by atoms with Gasteiger partial charge in [-0.15, -0.1) is 11.3 Å². The molecule has 0 spiro atoms. The summed E-state index contributed by atoms with van der Waals surface area (Å²) in [6.07, 6.45) is 1.67. The van der Waals surface area contributed by atoms with Crippen LogP contribution in [0.25, 0.3) is 0 Å². The van der Waals surface area contributed by atoms with Gasteiger partial charge in [0.25, 0.3) is 5.91 Å². The number of sulfonamides is 1. The molecule has 1 heterocycles. The third-order valence-corrected chi connectivity index (χ3v) is 7.07. The Hall–Kier alpha value is -2.55. The Morgan fingerprint density at radius 2 is 1.83 bits per heavy atom. The summed E-state index contributed by atoms with van der Waals surface area (Å²) in [5.74, 6) is -0.762. The fourth-order valence-electron chi connectivity index (χ4n) is 2.94. The van der Waals surface area contributed by atoms with E-state index in [2.05, 4.69) is 10.0 Å². The van der Waals surface area contributed by atoms with Crippen molar-refractivity contribution in [3.8, 4) is 0 Å². The Morgan fingerprint density at radius 1 is 1.07 bits per heavy atom. The molecule has 3 aromatic rings. The molecule has 0 aliphatic heterocycles. The van der Waals surface area contributed by atoms with Gasteiger partial charge in [0.2, 0.25) is 10.0 Å². The number of nitrogens with one attached hydrogen (secondary N) is 2.